The highest BCUT2D eigenvalue weighted by Crippen LogP contribution is 2.40. The molecule has 3 rings (SSSR count). The molecule has 1 aliphatic rings. The molecule has 0 unspecified atom stereocenters. The Kier molecular flexibility index (Phi) is 9.71. The molecule has 2 atom stereocenters. The summed E-state index contributed by atoms with van der Waals surface area (Å²) < 4.78 is 46.7. The number of aromatic nitrogens is 1. The maximum atomic E-state index is 13.9. The third-order valence-corrected chi connectivity index (χ3v) is 7.31. The highest BCUT2D eigenvalue weighted by atomic mass is 35.5. The molecular weight excluding hydrogens is 537 g/mol. The van der Waals surface area contributed by atoms with Crippen molar-refractivity contribution in [2.75, 3.05) is 39.2 Å². The van der Waals surface area contributed by atoms with Crippen molar-refractivity contribution in [1.29, 1.82) is 0 Å². The first-order chi connectivity index (χ1) is 18.3. The van der Waals surface area contributed by atoms with Gasteiger partial charge in [-0.1, -0.05) is 23.7 Å². The van der Waals surface area contributed by atoms with Crippen LogP contribution in [-0.4, -0.2) is 73.3 Å². The SMILES string of the molecule is COc1cccc([C@@](O)(C(=O)N[C@H](C)CCC2CCN(c3ccc(C(=O)N(C)C)c(Cl)n3)CC2)C(F)(F)F)c1. The number of hydrogen-bond acceptors (Lipinski definition) is 6. The molecule has 1 fully saturated rings. The van der Waals surface area contributed by atoms with Crippen LogP contribution in [0.15, 0.2) is 36.4 Å². The molecule has 0 saturated carbocycles. The number of alkyl halides is 3. The number of carbonyl (C=O) groups is 2. The van der Waals surface area contributed by atoms with Crippen LogP contribution in [0.5, 0.6) is 5.75 Å². The van der Waals surface area contributed by atoms with E-state index < -0.39 is 29.3 Å². The zero-order chi connectivity index (χ0) is 29.0. The summed E-state index contributed by atoms with van der Waals surface area (Å²) in [6.07, 6.45) is -2.43. The van der Waals surface area contributed by atoms with Gasteiger partial charge >= 0.3 is 6.18 Å². The quantitative estimate of drug-likeness (QED) is 0.434. The Bertz CT molecular complexity index is 1170. The van der Waals surface area contributed by atoms with Crippen molar-refractivity contribution in [2.45, 2.75) is 50.4 Å². The van der Waals surface area contributed by atoms with Gasteiger partial charge in [-0.3, -0.25) is 9.59 Å². The Hall–Kier alpha value is -3.05. The van der Waals surface area contributed by atoms with Crippen LogP contribution in [-0.2, 0) is 10.4 Å². The van der Waals surface area contributed by atoms with Gasteiger partial charge in [0.25, 0.3) is 17.4 Å². The number of methoxy groups -OCH3 is 1. The van der Waals surface area contributed by atoms with Crippen molar-refractivity contribution in [3.63, 3.8) is 0 Å². The van der Waals surface area contributed by atoms with Crippen LogP contribution in [0, 0.1) is 5.92 Å². The van der Waals surface area contributed by atoms with Crippen LogP contribution in [0.25, 0.3) is 0 Å². The fourth-order valence-corrected chi connectivity index (χ4v) is 4.84. The largest absolute Gasteiger partial charge is 0.497 e. The number of nitrogens with zero attached hydrogens (tertiary/aromatic N) is 3. The van der Waals surface area contributed by atoms with Gasteiger partial charge in [0.1, 0.15) is 16.7 Å². The summed E-state index contributed by atoms with van der Waals surface area (Å²) in [7, 11) is 4.57. The Balaban J connectivity index is 1.55. The number of rotatable bonds is 9. The maximum Gasteiger partial charge on any atom is 0.430 e. The monoisotopic (exact) mass is 570 g/mol. The van der Waals surface area contributed by atoms with Gasteiger partial charge in [0, 0.05) is 38.8 Å². The molecule has 0 spiro atoms. The number of ether oxygens (including phenoxy) is 1. The lowest BCUT2D eigenvalue weighted by atomic mass is 9.89. The molecule has 0 bridgehead atoms. The fraction of sp³-hybridized carbons (Fsp3) is 0.519. The summed E-state index contributed by atoms with van der Waals surface area (Å²) in [4.78, 5) is 32.8. The lowest BCUT2D eigenvalue weighted by molar-refractivity contribution is -0.257. The van der Waals surface area contributed by atoms with Gasteiger partial charge in [0.05, 0.1) is 12.7 Å². The number of anilines is 1. The molecule has 8 nitrogen and oxygen atoms in total. The van der Waals surface area contributed by atoms with E-state index in [4.69, 9.17) is 16.3 Å². The molecule has 0 aliphatic carbocycles. The van der Waals surface area contributed by atoms with Gasteiger partial charge in [-0.05, 0) is 62.8 Å². The van der Waals surface area contributed by atoms with E-state index in [1.165, 1.54) is 24.1 Å². The van der Waals surface area contributed by atoms with Crippen molar-refractivity contribution in [3.8, 4) is 5.75 Å². The van der Waals surface area contributed by atoms with E-state index in [1.807, 2.05) is 0 Å². The van der Waals surface area contributed by atoms with Crippen LogP contribution >= 0.6 is 11.6 Å². The smallest absolute Gasteiger partial charge is 0.430 e. The summed E-state index contributed by atoms with van der Waals surface area (Å²) in [5.74, 6) is -0.664. The number of benzene rings is 1. The molecule has 1 aromatic carbocycles. The van der Waals surface area contributed by atoms with Crippen molar-refractivity contribution < 1.29 is 32.6 Å². The topological polar surface area (TPSA) is 95.0 Å². The first-order valence-corrected chi connectivity index (χ1v) is 13.0. The molecule has 0 radical (unpaired) electrons. The first kappa shape index (κ1) is 30.5. The summed E-state index contributed by atoms with van der Waals surface area (Å²) in [5.41, 5.74) is -3.98. The molecule has 2 aromatic rings. The summed E-state index contributed by atoms with van der Waals surface area (Å²) >= 11 is 6.24. The summed E-state index contributed by atoms with van der Waals surface area (Å²) in [6, 6.07) is 7.61. The Morgan fingerprint density at radius 3 is 2.46 bits per heavy atom. The van der Waals surface area contributed by atoms with Crippen molar-refractivity contribution in [3.05, 3.63) is 52.7 Å². The van der Waals surface area contributed by atoms with Gasteiger partial charge in [0.15, 0.2) is 0 Å². The number of carbonyl (C=O) groups excluding carboxylic acids is 2. The van der Waals surface area contributed by atoms with E-state index >= 15 is 0 Å². The third kappa shape index (κ3) is 6.94. The van der Waals surface area contributed by atoms with Crippen molar-refractivity contribution >= 4 is 29.2 Å². The van der Waals surface area contributed by atoms with Crippen LogP contribution in [0.3, 0.4) is 0 Å². The highest BCUT2D eigenvalue weighted by molar-refractivity contribution is 6.32. The van der Waals surface area contributed by atoms with Crippen LogP contribution in [0.4, 0.5) is 19.0 Å². The predicted molar refractivity (Wildman–Crippen MR) is 142 cm³/mol. The van der Waals surface area contributed by atoms with E-state index in [2.05, 4.69) is 15.2 Å². The average Bonchev–Trinajstić information content (AvgIpc) is 2.90. The van der Waals surface area contributed by atoms with Gasteiger partial charge in [-0.2, -0.15) is 13.2 Å². The number of piperidine rings is 1. The zero-order valence-electron chi connectivity index (χ0n) is 22.4. The standard InChI is InChI=1S/C27H34ClF3N4O4/c1-17(32-25(37)26(38,27(29,30)31)19-6-5-7-20(16-19)39-4)8-9-18-12-14-35(15-13-18)22-11-10-21(23(28)33-22)24(36)34(2)3/h5-7,10-11,16-18,38H,8-9,12-15H2,1-4H3,(H,32,37)/t17-,26-/m1/s1. The van der Waals surface area contributed by atoms with Gasteiger partial charge in [-0.15, -0.1) is 0 Å². The highest BCUT2D eigenvalue weighted by Gasteiger charge is 2.61. The molecule has 2 amide bonds. The molecular formula is C27H34ClF3N4O4. The van der Waals surface area contributed by atoms with Gasteiger partial charge in [0.2, 0.25) is 0 Å². The number of halogens is 4. The molecule has 2 heterocycles. The van der Waals surface area contributed by atoms with Gasteiger partial charge < -0.3 is 25.0 Å². The maximum absolute atomic E-state index is 13.9. The summed E-state index contributed by atoms with van der Waals surface area (Å²) in [6.45, 7) is 3.04. The Labute approximate surface area is 231 Å². The molecule has 12 heteroatoms. The van der Waals surface area contributed by atoms with Gasteiger partial charge in [-0.25, -0.2) is 4.98 Å². The number of nitrogens with one attached hydrogen (secondary N) is 1. The normalized spacial score (nSPS) is 16.8. The summed E-state index contributed by atoms with van der Waals surface area (Å²) in [5, 5.41) is 13.1. The van der Waals surface area contributed by atoms with Crippen LogP contribution < -0.4 is 15.0 Å². The zero-order valence-corrected chi connectivity index (χ0v) is 23.1. The first-order valence-electron chi connectivity index (χ1n) is 12.7. The second-order valence-corrected chi connectivity index (χ2v) is 10.4. The molecule has 2 N–H and O–H groups in total. The average molecular weight is 571 g/mol. The Morgan fingerprint density at radius 2 is 1.90 bits per heavy atom. The number of hydrogen-bond donors (Lipinski definition) is 2. The third-order valence-electron chi connectivity index (χ3n) is 7.02. The minimum absolute atomic E-state index is 0.0952. The van der Waals surface area contributed by atoms with Crippen molar-refractivity contribution in [1.82, 2.24) is 15.2 Å². The van der Waals surface area contributed by atoms with E-state index in [-0.39, 0.29) is 16.8 Å². The lowest BCUT2D eigenvalue weighted by Crippen LogP contribution is -2.56. The minimum Gasteiger partial charge on any atom is -0.497 e. The van der Waals surface area contributed by atoms with Crippen LogP contribution in [0.1, 0.15) is 48.5 Å². The number of pyridine rings is 1. The fourth-order valence-electron chi connectivity index (χ4n) is 4.61. The molecule has 1 aliphatic heterocycles. The second-order valence-electron chi connectivity index (χ2n) is 10.0. The van der Waals surface area contributed by atoms with E-state index in [9.17, 15) is 27.9 Å². The lowest BCUT2D eigenvalue weighted by Gasteiger charge is -2.34. The number of amides is 2. The second kappa shape index (κ2) is 12.4. The molecule has 1 saturated heterocycles. The molecule has 39 heavy (non-hydrogen) atoms. The molecule has 1 aromatic heterocycles. The predicted octanol–water partition coefficient (Wildman–Crippen LogP) is 4.40. The minimum atomic E-state index is -5.23. The number of aliphatic hydroxyl groups is 1. The van der Waals surface area contributed by atoms with E-state index in [0.717, 1.165) is 25.0 Å². The Morgan fingerprint density at radius 1 is 1.23 bits per heavy atom. The molecule has 214 valence electrons. The van der Waals surface area contributed by atoms with Crippen LogP contribution in [0.2, 0.25) is 5.15 Å². The van der Waals surface area contributed by atoms with E-state index in [0.29, 0.717) is 43.2 Å². The van der Waals surface area contributed by atoms with Crippen molar-refractivity contribution in [2.24, 2.45) is 5.92 Å². The van der Waals surface area contributed by atoms with E-state index in [1.54, 1.807) is 33.2 Å².